The number of pyridine rings is 1. The van der Waals surface area contributed by atoms with Crippen LogP contribution in [0.4, 0.5) is 11.5 Å². The molecule has 2 aliphatic rings. The van der Waals surface area contributed by atoms with Gasteiger partial charge in [-0.15, -0.1) is 0 Å². The number of fused-ring (bicyclic) bond motifs is 2. The highest BCUT2D eigenvalue weighted by atomic mass is 15.0. The highest BCUT2D eigenvalue weighted by Crippen LogP contribution is 2.24. The molecule has 2 aliphatic heterocycles. The SMILES string of the molecule is c1cc2cc(n1)N2. The van der Waals surface area contributed by atoms with Gasteiger partial charge in [0, 0.05) is 18.0 Å². The van der Waals surface area contributed by atoms with Crippen molar-refractivity contribution in [3.05, 3.63) is 18.3 Å². The molecule has 2 heteroatoms. The van der Waals surface area contributed by atoms with E-state index in [-0.39, 0.29) is 0 Å². The van der Waals surface area contributed by atoms with Crippen LogP contribution in [0, 0.1) is 0 Å². The second-order valence-electron chi connectivity index (χ2n) is 1.55. The van der Waals surface area contributed by atoms with E-state index in [1.807, 2.05) is 12.1 Å². The van der Waals surface area contributed by atoms with Crippen LogP contribution in [0.15, 0.2) is 18.3 Å². The summed E-state index contributed by atoms with van der Waals surface area (Å²) in [6, 6.07) is 3.94. The molecule has 0 aromatic carbocycles. The molecule has 0 saturated heterocycles. The van der Waals surface area contributed by atoms with Crippen LogP contribution in [-0.4, -0.2) is 4.98 Å². The third-order valence-electron chi connectivity index (χ3n) is 1.03. The molecule has 2 bridgehead atoms. The van der Waals surface area contributed by atoms with Crippen molar-refractivity contribution in [3.63, 3.8) is 0 Å². The van der Waals surface area contributed by atoms with Crippen LogP contribution in [0.1, 0.15) is 0 Å². The van der Waals surface area contributed by atoms with Crippen LogP contribution in [0.3, 0.4) is 0 Å². The van der Waals surface area contributed by atoms with Gasteiger partial charge in [0.15, 0.2) is 0 Å². The summed E-state index contributed by atoms with van der Waals surface area (Å²) in [4.78, 5) is 3.94. The van der Waals surface area contributed by atoms with Crippen LogP contribution in [0.2, 0.25) is 0 Å². The first-order valence-corrected chi connectivity index (χ1v) is 2.18. The summed E-state index contributed by atoms with van der Waals surface area (Å²) < 4.78 is 0. The van der Waals surface area contributed by atoms with Crippen molar-refractivity contribution in [2.24, 2.45) is 0 Å². The van der Waals surface area contributed by atoms with Gasteiger partial charge in [0.05, 0.1) is 0 Å². The van der Waals surface area contributed by atoms with Crippen LogP contribution in [0.25, 0.3) is 0 Å². The molecule has 0 amide bonds. The monoisotopic (exact) mass is 92.0 g/mol. The lowest BCUT2D eigenvalue weighted by atomic mass is 10.3. The van der Waals surface area contributed by atoms with E-state index in [1.165, 1.54) is 5.69 Å². The van der Waals surface area contributed by atoms with E-state index in [1.54, 1.807) is 6.20 Å². The van der Waals surface area contributed by atoms with Gasteiger partial charge in [-0.25, -0.2) is 4.98 Å². The van der Waals surface area contributed by atoms with Gasteiger partial charge in [-0.05, 0) is 6.07 Å². The fraction of sp³-hybridized carbons (Fsp3) is 0. The lowest BCUT2D eigenvalue weighted by Gasteiger charge is -2.13. The Balaban J connectivity index is 2.78. The van der Waals surface area contributed by atoms with Gasteiger partial charge in [0.1, 0.15) is 5.82 Å². The molecular weight excluding hydrogens is 88.1 g/mol. The van der Waals surface area contributed by atoms with Crippen molar-refractivity contribution in [1.29, 1.82) is 0 Å². The van der Waals surface area contributed by atoms with Crippen LogP contribution in [0.5, 0.6) is 0 Å². The summed E-state index contributed by atoms with van der Waals surface area (Å²) in [5.41, 5.74) is 1.17. The molecule has 2 nitrogen and oxygen atoms in total. The summed E-state index contributed by atoms with van der Waals surface area (Å²) in [7, 11) is 0. The third kappa shape index (κ3) is 0.257. The molecule has 1 aromatic rings. The quantitative estimate of drug-likeness (QED) is 0.527. The fourth-order valence-electron chi connectivity index (χ4n) is 0.647. The number of aromatic nitrogens is 1. The molecule has 3 heterocycles. The Morgan fingerprint density at radius 1 is 1.57 bits per heavy atom. The average Bonchev–Trinajstić information content (AvgIpc) is 1.67. The van der Waals surface area contributed by atoms with Crippen molar-refractivity contribution in [2.45, 2.75) is 0 Å². The van der Waals surface area contributed by atoms with Gasteiger partial charge in [0.25, 0.3) is 0 Å². The lowest BCUT2D eigenvalue weighted by Crippen LogP contribution is -2.01. The Bertz CT molecular complexity index is 170. The van der Waals surface area contributed by atoms with Crippen molar-refractivity contribution in [1.82, 2.24) is 4.98 Å². The summed E-state index contributed by atoms with van der Waals surface area (Å²) in [6.07, 6.45) is 1.79. The summed E-state index contributed by atoms with van der Waals surface area (Å²) in [5, 5.41) is 3.00. The maximum Gasteiger partial charge on any atom is 0.132 e. The summed E-state index contributed by atoms with van der Waals surface area (Å²) >= 11 is 0. The maximum absolute atomic E-state index is 3.94. The van der Waals surface area contributed by atoms with Gasteiger partial charge < -0.3 is 5.32 Å². The van der Waals surface area contributed by atoms with Gasteiger partial charge in [-0.2, -0.15) is 0 Å². The predicted octanol–water partition coefficient (Wildman–Crippen LogP) is 1.14. The average molecular weight is 92.1 g/mol. The minimum Gasteiger partial charge on any atom is -0.340 e. The molecule has 1 aromatic heterocycles. The smallest absolute Gasteiger partial charge is 0.132 e. The number of hydrogen-bond acceptors (Lipinski definition) is 2. The maximum atomic E-state index is 3.94. The Labute approximate surface area is 41.2 Å². The number of nitrogens with one attached hydrogen (secondary N) is 1. The number of nitrogens with zero attached hydrogens (tertiary/aromatic N) is 1. The minimum atomic E-state index is 0.984. The Morgan fingerprint density at radius 2 is 2.43 bits per heavy atom. The van der Waals surface area contributed by atoms with Crippen LogP contribution in [-0.2, 0) is 0 Å². The molecular formula is C5H4N2. The van der Waals surface area contributed by atoms with E-state index in [0.29, 0.717) is 0 Å². The molecule has 3 rings (SSSR count). The molecule has 0 fully saturated rings. The molecule has 0 unspecified atom stereocenters. The summed E-state index contributed by atoms with van der Waals surface area (Å²) in [6.45, 7) is 0. The first-order valence-electron chi connectivity index (χ1n) is 2.18. The zero-order chi connectivity index (χ0) is 4.69. The number of anilines is 2. The molecule has 0 spiro atoms. The standard InChI is InChI=1S/C5H4N2/c1-2-6-5-3-4(1)7-5/h1-3H,(H,6,7). The molecule has 34 valence electrons. The Morgan fingerprint density at radius 3 is 2.57 bits per heavy atom. The first-order chi connectivity index (χ1) is 3.45. The third-order valence-corrected chi connectivity index (χ3v) is 1.03. The summed E-state index contributed by atoms with van der Waals surface area (Å²) in [5.74, 6) is 0.984. The van der Waals surface area contributed by atoms with Crippen molar-refractivity contribution in [2.75, 3.05) is 5.32 Å². The van der Waals surface area contributed by atoms with Gasteiger partial charge in [-0.1, -0.05) is 0 Å². The number of rotatable bonds is 0. The van der Waals surface area contributed by atoms with E-state index in [0.717, 1.165) is 5.82 Å². The second-order valence-corrected chi connectivity index (χ2v) is 1.55. The van der Waals surface area contributed by atoms with Gasteiger partial charge in [0.2, 0.25) is 0 Å². The zero-order valence-electron chi connectivity index (χ0n) is 3.68. The van der Waals surface area contributed by atoms with E-state index >= 15 is 0 Å². The van der Waals surface area contributed by atoms with Crippen molar-refractivity contribution < 1.29 is 0 Å². The largest absolute Gasteiger partial charge is 0.340 e. The Hall–Kier alpha value is -1.05. The Kier molecular flexibility index (Phi) is 0.336. The first kappa shape index (κ1) is 3.02. The minimum absolute atomic E-state index is 0.984. The van der Waals surface area contributed by atoms with Crippen LogP contribution < -0.4 is 5.32 Å². The molecule has 0 saturated carbocycles. The fourth-order valence-corrected chi connectivity index (χ4v) is 0.647. The number of hydrogen-bond donors (Lipinski definition) is 1. The molecule has 7 heavy (non-hydrogen) atoms. The van der Waals surface area contributed by atoms with E-state index in [9.17, 15) is 0 Å². The molecule has 1 N–H and O–H groups in total. The van der Waals surface area contributed by atoms with Gasteiger partial charge >= 0.3 is 0 Å². The van der Waals surface area contributed by atoms with Crippen molar-refractivity contribution in [3.8, 4) is 0 Å². The zero-order valence-corrected chi connectivity index (χ0v) is 3.68. The lowest BCUT2D eigenvalue weighted by molar-refractivity contribution is 1.25. The van der Waals surface area contributed by atoms with E-state index in [4.69, 9.17) is 0 Å². The normalized spacial score (nSPS) is 12.0. The highest BCUT2D eigenvalue weighted by molar-refractivity contribution is 5.69. The van der Waals surface area contributed by atoms with E-state index < -0.39 is 0 Å². The highest BCUT2D eigenvalue weighted by Gasteiger charge is 2.04. The van der Waals surface area contributed by atoms with E-state index in [2.05, 4.69) is 10.3 Å². The topological polar surface area (TPSA) is 24.9 Å². The predicted molar refractivity (Wildman–Crippen MR) is 27.5 cm³/mol. The molecule has 0 atom stereocenters. The van der Waals surface area contributed by atoms with Crippen molar-refractivity contribution >= 4 is 11.5 Å². The second kappa shape index (κ2) is 0.780. The molecule has 0 radical (unpaired) electrons. The van der Waals surface area contributed by atoms with Gasteiger partial charge in [-0.3, -0.25) is 0 Å². The molecule has 0 aliphatic carbocycles. The van der Waals surface area contributed by atoms with Crippen LogP contribution >= 0.6 is 0 Å².